The molecule has 8 nitrogen and oxygen atoms in total. The Bertz CT molecular complexity index is 1260. The van der Waals surface area contributed by atoms with Crippen LogP contribution in [0.3, 0.4) is 0 Å². The number of benzene rings is 3. The molecule has 0 spiro atoms. The molecule has 1 N–H and O–H groups in total. The average Bonchev–Trinajstić information content (AvgIpc) is 2.93. The number of unbranched alkanes of at least 4 members (excludes halogenated alkanes) is 1. The molecule has 0 aliphatic heterocycles. The number of rotatable bonds is 13. The molecule has 3 aromatic carbocycles. The third-order valence-corrected chi connectivity index (χ3v) is 5.51. The zero-order valence-corrected chi connectivity index (χ0v) is 22.0. The van der Waals surface area contributed by atoms with E-state index in [0.717, 1.165) is 12.8 Å². The number of aromatic hydroxyl groups is 1. The first-order valence-electron chi connectivity index (χ1n) is 12.7. The SMILES string of the molecule is CCCCOc1ccc(C(OC(=O)Cc2ccc(O)cc2)C(=O)Oc2ccccc2/C=C/C(=O)OCC)cc1. The zero-order valence-electron chi connectivity index (χ0n) is 22.0. The van der Waals surface area contributed by atoms with Crippen molar-refractivity contribution in [2.24, 2.45) is 0 Å². The molecule has 204 valence electrons. The first-order chi connectivity index (χ1) is 18.9. The number of esters is 3. The summed E-state index contributed by atoms with van der Waals surface area (Å²) >= 11 is 0. The van der Waals surface area contributed by atoms with E-state index in [0.29, 0.717) is 29.0 Å². The van der Waals surface area contributed by atoms with E-state index in [9.17, 15) is 19.5 Å². The summed E-state index contributed by atoms with van der Waals surface area (Å²) in [5.41, 5.74) is 1.48. The molecular weight excluding hydrogens is 500 g/mol. The Morgan fingerprint density at radius 2 is 1.64 bits per heavy atom. The molecule has 0 aliphatic rings. The Morgan fingerprint density at radius 1 is 0.923 bits per heavy atom. The lowest BCUT2D eigenvalue weighted by molar-refractivity contribution is -0.162. The van der Waals surface area contributed by atoms with Gasteiger partial charge in [0.1, 0.15) is 17.2 Å². The number of para-hydroxylation sites is 1. The Labute approximate surface area is 227 Å². The minimum absolute atomic E-state index is 0.0745. The summed E-state index contributed by atoms with van der Waals surface area (Å²) in [6.45, 7) is 4.58. The monoisotopic (exact) mass is 532 g/mol. The van der Waals surface area contributed by atoms with E-state index in [-0.39, 0.29) is 24.5 Å². The maximum absolute atomic E-state index is 13.4. The van der Waals surface area contributed by atoms with Gasteiger partial charge in [-0.05, 0) is 55.3 Å². The zero-order chi connectivity index (χ0) is 28.0. The quantitative estimate of drug-likeness (QED) is 0.132. The van der Waals surface area contributed by atoms with E-state index in [1.807, 2.05) is 0 Å². The molecule has 0 radical (unpaired) electrons. The van der Waals surface area contributed by atoms with Crippen molar-refractivity contribution in [3.63, 3.8) is 0 Å². The molecule has 3 aromatic rings. The van der Waals surface area contributed by atoms with Gasteiger partial charge in [-0.25, -0.2) is 9.59 Å². The summed E-state index contributed by atoms with van der Waals surface area (Å²) in [4.78, 5) is 37.9. The first kappa shape index (κ1) is 29.0. The van der Waals surface area contributed by atoms with E-state index in [2.05, 4.69) is 6.92 Å². The van der Waals surface area contributed by atoms with Gasteiger partial charge in [0.2, 0.25) is 6.10 Å². The van der Waals surface area contributed by atoms with Crippen LogP contribution in [0.2, 0.25) is 0 Å². The van der Waals surface area contributed by atoms with Crippen LogP contribution < -0.4 is 9.47 Å². The molecule has 0 saturated heterocycles. The lowest BCUT2D eigenvalue weighted by Gasteiger charge is -2.18. The van der Waals surface area contributed by atoms with Crippen LogP contribution in [-0.2, 0) is 30.3 Å². The van der Waals surface area contributed by atoms with E-state index in [1.165, 1.54) is 24.3 Å². The lowest BCUT2D eigenvalue weighted by atomic mass is 10.1. The second-order valence-electron chi connectivity index (χ2n) is 8.53. The molecule has 0 heterocycles. The van der Waals surface area contributed by atoms with Gasteiger partial charge in [-0.3, -0.25) is 4.79 Å². The number of hydrogen-bond donors (Lipinski definition) is 1. The highest BCUT2D eigenvalue weighted by atomic mass is 16.6. The van der Waals surface area contributed by atoms with E-state index < -0.39 is 24.0 Å². The summed E-state index contributed by atoms with van der Waals surface area (Å²) in [5, 5.41) is 9.49. The second-order valence-corrected chi connectivity index (χ2v) is 8.53. The minimum atomic E-state index is -1.36. The van der Waals surface area contributed by atoms with Crippen LogP contribution >= 0.6 is 0 Å². The molecule has 8 heteroatoms. The molecular formula is C31H32O8. The van der Waals surface area contributed by atoms with Crippen molar-refractivity contribution >= 4 is 24.0 Å². The Morgan fingerprint density at radius 3 is 2.33 bits per heavy atom. The van der Waals surface area contributed by atoms with Crippen LogP contribution in [0, 0.1) is 0 Å². The summed E-state index contributed by atoms with van der Waals surface area (Å²) in [6.07, 6.45) is 3.16. The van der Waals surface area contributed by atoms with E-state index in [1.54, 1.807) is 67.6 Å². The Kier molecular flexibility index (Phi) is 11.1. The number of carbonyl (C=O) groups excluding carboxylic acids is 3. The van der Waals surface area contributed by atoms with Crippen molar-refractivity contribution in [1.82, 2.24) is 0 Å². The number of carbonyl (C=O) groups is 3. The van der Waals surface area contributed by atoms with Crippen molar-refractivity contribution < 1.29 is 38.4 Å². The molecule has 0 aromatic heterocycles. The van der Waals surface area contributed by atoms with Crippen LogP contribution in [-0.4, -0.2) is 36.2 Å². The van der Waals surface area contributed by atoms with Gasteiger partial charge in [-0.2, -0.15) is 0 Å². The van der Waals surface area contributed by atoms with Crippen molar-refractivity contribution in [2.75, 3.05) is 13.2 Å². The van der Waals surface area contributed by atoms with Gasteiger partial charge in [0.25, 0.3) is 0 Å². The normalized spacial score (nSPS) is 11.5. The van der Waals surface area contributed by atoms with Crippen LogP contribution in [0.5, 0.6) is 17.2 Å². The lowest BCUT2D eigenvalue weighted by Crippen LogP contribution is -2.25. The molecule has 0 aliphatic carbocycles. The van der Waals surface area contributed by atoms with Gasteiger partial charge < -0.3 is 24.1 Å². The fourth-order valence-electron chi connectivity index (χ4n) is 3.50. The van der Waals surface area contributed by atoms with E-state index in [4.69, 9.17) is 18.9 Å². The molecule has 0 amide bonds. The van der Waals surface area contributed by atoms with Gasteiger partial charge in [-0.1, -0.05) is 55.8 Å². The average molecular weight is 533 g/mol. The van der Waals surface area contributed by atoms with Crippen molar-refractivity contribution in [2.45, 2.75) is 39.2 Å². The fourth-order valence-corrected chi connectivity index (χ4v) is 3.50. The van der Waals surface area contributed by atoms with Gasteiger partial charge in [0.05, 0.1) is 19.6 Å². The van der Waals surface area contributed by atoms with Gasteiger partial charge in [0.15, 0.2) is 0 Å². The predicted molar refractivity (Wildman–Crippen MR) is 145 cm³/mol. The Balaban J connectivity index is 1.82. The number of phenolic OH excluding ortho intramolecular Hbond substituents is 1. The fraction of sp³-hybridized carbons (Fsp3) is 0.258. The largest absolute Gasteiger partial charge is 0.508 e. The topological polar surface area (TPSA) is 108 Å². The Hall–Kier alpha value is -4.59. The van der Waals surface area contributed by atoms with E-state index >= 15 is 0 Å². The highest BCUT2D eigenvalue weighted by molar-refractivity contribution is 5.88. The summed E-state index contributed by atoms with van der Waals surface area (Å²) < 4.78 is 21.9. The standard InChI is InChI=1S/C31H32O8/c1-3-5-20-37-26-17-12-24(13-18-26)30(39-29(34)21-22-10-15-25(32)16-11-22)31(35)38-27-9-7-6-8-23(27)14-19-28(33)36-4-2/h6-19,30,32H,3-5,20-21H2,1-2H3/b19-14+. The van der Waals surface area contributed by atoms with Gasteiger partial charge in [-0.15, -0.1) is 0 Å². The van der Waals surface area contributed by atoms with Gasteiger partial charge >= 0.3 is 17.9 Å². The molecule has 0 bridgehead atoms. The van der Waals surface area contributed by atoms with Crippen LogP contribution in [0.1, 0.15) is 49.5 Å². The van der Waals surface area contributed by atoms with Gasteiger partial charge in [0, 0.05) is 17.2 Å². The summed E-state index contributed by atoms with van der Waals surface area (Å²) in [5.74, 6) is -1.11. The number of phenols is 1. The van der Waals surface area contributed by atoms with Crippen molar-refractivity contribution in [1.29, 1.82) is 0 Å². The maximum Gasteiger partial charge on any atom is 0.357 e. The molecule has 0 saturated carbocycles. The van der Waals surface area contributed by atoms with Crippen molar-refractivity contribution in [3.05, 3.63) is 95.6 Å². The number of hydrogen-bond acceptors (Lipinski definition) is 8. The molecule has 1 unspecified atom stereocenters. The maximum atomic E-state index is 13.4. The second kappa shape index (κ2) is 15.0. The third-order valence-electron chi connectivity index (χ3n) is 5.51. The third kappa shape index (κ3) is 9.34. The van der Waals surface area contributed by atoms with Crippen LogP contribution in [0.25, 0.3) is 6.08 Å². The van der Waals surface area contributed by atoms with Crippen LogP contribution in [0.4, 0.5) is 0 Å². The smallest absolute Gasteiger partial charge is 0.357 e. The highest BCUT2D eigenvalue weighted by Crippen LogP contribution is 2.27. The summed E-state index contributed by atoms with van der Waals surface area (Å²) in [6, 6.07) is 19.5. The molecule has 1 atom stereocenters. The molecule has 39 heavy (non-hydrogen) atoms. The summed E-state index contributed by atoms with van der Waals surface area (Å²) in [7, 11) is 0. The molecule has 3 rings (SSSR count). The number of ether oxygens (including phenoxy) is 4. The highest BCUT2D eigenvalue weighted by Gasteiger charge is 2.28. The minimum Gasteiger partial charge on any atom is -0.508 e. The molecule has 0 fully saturated rings. The predicted octanol–water partition coefficient (Wildman–Crippen LogP) is 5.58. The first-order valence-corrected chi connectivity index (χ1v) is 12.7. The van der Waals surface area contributed by atoms with Crippen LogP contribution in [0.15, 0.2) is 78.9 Å². The van der Waals surface area contributed by atoms with Crippen molar-refractivity contribution in [3.8, 4) is 17.2 Å².